The van der Waals surface area contributed by atoms with Gasteiger partial charge in [0.25, 0.3) is 0 Å². The van der Waals surface area contributed by atoms with E-state index in [1.54, 1.807) is 11.8 Å². The van der Waals surface area contributed by atoms with Crippen LogP contribution in [0.3, 0.4) is 0 Å². The molecule has 0 saturated heterocycles. The molecule has 0 aromatic heterocycles. The lowest BCUT2D eigenvalue weighted by Crippen LogP contribution is -2.31. The summed E-state index contributed by atoms with van der Waals surface area (Å²) < 4.78 is 0. The Kier molecular flexibility index (Phi) is 14.0. The van der Waals surface area contributed by atoms with Gasteiger partial charge in [0.2, 0.25) is 5.91 Å². The summed E-state index contributed by atoms with van der Waals surface area (Å²) in [6.45, 7) is 8.60. The van der Waals surface area contributed by atoms with Gasteiger partial charge >= 0.3 is 0 Å². The number of para-hydroxylation sites is 1. The molecule has 0 aliphatic carbocycles. The molecule has 0 bridgehead atoms. The Morgan fingerprint density at radius 3 is 2.37 bits per heavy atom. The Balaban J connectivity index is 0.00000158. The quantitative estimate of drug-likeness (QED) is 0.579. The van der Waals surface area contributed by atoms with Crippen LogP contribution in [0.4, 0.5) is 5.69 Å². The van der Waals surface area contributed by atoms with E-state index in [0.717, 1.165) is 10.6 Å². The van der Waals surface area contributed by atoms with Gasteiger partial charge in [-0.25, -0.2) is 0 Å². The van der Waals surface area contributed by atoms with Crippen molar-refractivity contribution < 1.29 is 9.90 Å². The zero-order valence-corrected chi connectivity index (χ0v) is 17.8. The summed E-state index contributed by atoms with van der Waals surface area (Å²) >= 11 is 1.68. The summed E-state index contributed by atoms with van der Waals surface area (Å²) in [6, 6.07) is 14.3. The Bertz CT molecular complexity index is 678. The maximum atomic E-state index is 11.6. The second kappa shape index (κ2) is 15.1. The lowest BCUT2D eigenvalue weighted by molar-refractivity contribution is -0.119. The second-order valence-corrected chi connectivity index (χ2v) is 6.38. The minimum atomic E-state index is -0.134. The number of aliphatic hydroxyl groups is 1. The molecule has 0 heterocycles. The van der Waals surface area contributed by atoms with E-state index in [2.05, 4.69) is 48.4 Å². The van der Waals surface area contributed by atoms with Crippen molar-refractivity contribution in [2.75, 3.05) is 32.1 Å². The SMILES string of the molecule is CC.CN.Cc1ccc(Sc2ccccc2NCC(=O)NCCO)c(C)c1. The van der Waals surface area contributed by atoms with Crippen molar-refractivity contribution in [1.82, 2.24) is 5.32 Å². The highest BCUT2D eigenvalue weighted by molar-refractivity contribution is 7.99. The van der Waals surface area contributed by atoms with Gasteiger partial charge in [0.15, 0.2) is 0 Å². The van der Waals surface area contributed by atoms with Gasteiger partial charge in [-0.05, 0) is 44.7 Å². The Morgan fingerprint density at radius 2 is 1.74 bits per heavy atom. The first-order chi connectivity index (χ1) is 13.1. The molecule has 0 spiro atoms. The molecular formula is C21H33N3O2S. The third-order valence-corrected chi connectivity index (χ3v) is 4.56. The number of benzene rings is 2. The summed E-state index contributed by atoms with van der Waals surface area (Å²) in [5.74, 6) is -0.134. The molecule has 0 aliphatic rings. The number of anilines is 1. The van der Waals surface area contributed by atoms with Crippen LogP contribution in [0.25, 0.3) is 0 Å². The summed E-state index contributed by atoms with van der Waals surface area (Å²) in [4.78, 5) is 13.9. The Morgan fingerprint density at radius 1 is 1.07 bits per heavy atom. The lowest BCUT2D eigenvalue weighted by atomic mass is 10.2. The average molecular weight is 392 g/mol. The summed E-state index contributed by atoms with van der Waals surface area (Å²) in [7, 11) is 1.50. The van der Waals surface area contributed by atoms with Crippen LogP contribution in [-0.2, 0) is 4.79 Å². The van der Waals surface area contributed by atoms with Crippen molar-refractivity contribution in [2.45, 2.75) is 37.5 Å². The van der Waals surface area contributed by atoms with Crippen LogP contribution >= 0.6 is 11.8 Å². The van der Waals surface area contributed by atoms with Crippen molar-refractivity contribution >= 4 is 23.4 Å². The van der Waals surface area contributed by atoms with Gasteiger partial charge in [0, 0.05) is 22.0 Å². The molecule has 1 amide bonds. The average Bonchev–Trinajstić information content (AvgIpc) is 2.71. The molecule has 6 heteroatoms. The fourth-order valence-electron chi connectivity index (χ4n) is 2.17. The molecule has 0 radical (unpaired) electrons. The monoisotopic (exact) mass is 391 g/mol. The predicted molar refractivity (Wildman–Crippen MR) is 117 cm³/mol. The molecule has 0 unspecified atom stereocenters. The topological polar surface area (TPSA) is 87.4 Å². The number of nitrogens with two attached hydrogens (primary N) is 1. The molecule has 2 aromatic carbocycles. The van der Waals surface area contributed by atoms with Gasteiger partial charge in [-0.2, -0.15) is 0 Å². The van der Waals surface area contributed by atoms with Crippen LogP contribution in [0.15, 0.2) is 52.3 Å². The number of aliphatic hydroxyl groups excluding tert-OH is 1. The Labute approximate surface area is 167 Å². The minimum Gasteiger partial charge on any atom is -0.395 e. The normalized spacial score (nSPS) is 9.30. The van der Waals surface area contributed by atoms with E-state index in [-0.39, 0.29) is 25.6 Å². The zero-order chi connectivity index (χ0) is 20.7. The molecule has 150 valence electrons. The molecule has 27 heavy (non-hydrogen) atoms. The molecule has 0 atom stereocenters. The van der Waals surface area contributed by atoms with E-state index in [4.69, 9.17) is 5.11 Å². The number of rotatable bonds is 7. The summed E-state index contributed by atoms with van der Waals surface area (Å²) in [5, 5.41) is 14.5. The van der Waals surface area contributed by atoms with Crippen molar-refractivity contribution in [3.05, 3.63) is 53.6 Å². The third-order valence-electron chi connectivity index (χ3n) is 3.31. The predicted octanol–water partition coefficient (Wildman–Crippen LogP) is 3.58. The number of hydrogen-bond donors (Lipinski definition) is 4. The van der Waals surface area contributed by atoms with Gasteiger partial charge in [-0.3, -0.25) is 4.79 Å². The first-order valence-corrected chi connectivity index (χ1v) is 9.95. The second-order valence-electron chi connectivity index (χ2n) is 5.29. The van der Waals surface area contributed by atoms with Crippen molar-refractivity contribution in [2.24, 2.45) is 5.73 Å². The number of carbonyl (C=O) groups excluding carboxylic acids is 1. The zero-order valence-electron chi connectivity index (χ0n) is 17.0. The molecule has 2 aromatic rings. The van der Waals surface area contributed by atoms with Crippen LogP contribution in [0.2, 0.25) is 0 Å². The fraction of sp³-hybridized carbons (Fsp3) is 0.381. The lowest BCUT2D eigenvalue weighted by Gasteiger charge is -2.13. The van der Waals surface area contributed by atoms with Crippen LogP contribution in [-0.4, -0.2) is 37.8 Å². The maximum absolute atomic E-state index is 11.6. The highest BCUT2D eigenvalue weighted by Gasteiger charge is 2.07. The van der Waals surface area contributed by atoms with E-state index < -0.39 is 0 Å². The van der Waals surface area contributed by atoms with Gasteiger partial charge in [0.05, 0.1) is 13.2 Å². The molecule has 2 rings (SSSR count). The van der Waals surface area contributed by atoms with E-state index in [9.17, 15) is 4.79 Å². The largest absolute Gasteiger partial charge is 0.395 e. The number of hydrogen-bond acceptors (Lipinski definition) is 5. The highest BCUT2D eigenvalue weighted by atomic mass is 32.2. The van der Waals surface area contributed by atoms with E-state index in [1.807, 2.05) is 38.1 Å². The van der Waals surface area contributed by atoms with Crippen LogP contribution < -0.4 is 16.4 Å². The number of amides is 1. The van der Waals surface area contributed by atoms with Gasteiger partial charge in [-0.15, -0.1) is 0 Å². The van der Waals surface area contributed by atoms with Gasteiger partial charge in [-0.1, -0.05) is 55.4 Å². The summed E-state index contributed by atoms with van der Waals surface area (Å²) in [6.07, 6.45) is 0. The number of nitrogens with one attached hydrogen (secondary N) is 2. The Hall–Kier alpha value is -2.02. The van der Waals surface area contributed by atoms with Crippen LogP contribution in [0.5, 0.6) is 0 Å². The first-order valence-electron chi connectivity index (χ1n) is 9.13. The fourth-order valence-corrected chi connectivity index (χ4v) is 3.16. The maximum Gasteiger partial charge on any atom is 0.239 e. The number of carbonyl (C=O) groups is 1. The van der Waals surface area contributed by atoms with Gasteiger partial charge < -0.3 is 21.5 Å². The van der Waals surface area contributed by atoms with Crippen LogP contribution in [0, 0.1) is 13.8 Å². The molecular weight excluding hydrogens is 358 g/mol. The molecule has 0 saturated carbocycles. The standard InChI is InChI=1S/C18H22N2O2S.C2H6.CH5N/c1-13-7-8-16(14(2)11-13)23-17-6-4-3-5-15(17)20-12-18(22)19-9-10-21;2*1-2/h3-8,11,20-21H,9-10,12H2,1-2H3,(H,19,22);1-2H3;2H2,1H3. The third kappa shape index (κ3) is 9.47. The van der Waals surface area contributed by atoms with Crippen molar-refractivity contribution in [1.29, 1.82) is 0 Å². The van der Waals surface area contributed by atoms with E-state index in [0.29, 0.717) is 0 Å². The molecule has 5 nitrogen and oxygen atoms in total. The molecule has 0 fully saturated rings. The van der Waals surface area contributed by atoms with E-state index >= 15 is 0 Å². The first kappa shape index (κ1) is 25.0. The van der Waals surface area contributed by atoms with Crippen molar-refractivity contribution in [3.63, 3.8) is 0 Å². The minimum absolute atomic E-state index is 0.0507. The van der Waals surface area contributed by atoms with Gasteiger partial charge in [0.1, 0.15) is 0 Å². The van der Waals surface area contributed by atoms with E-state index in [1.165, 1.54) is 23.1 Å². The summed E-state index contributed by atoms with van der Waals surface area (Å²) in [5.41, 5.74) is 7.92. The van der Waals surface area contributed by atoms with Crippen molar-refractivity contribution in [3.8, 4) is 0 Å². The smallest absolute Gasteiger partial charge is 0.239 e. The molecule has 5 N–H and O–H groups in total. The molecule has 0 aliphatic heterocycles. The van der Waals surface area contributed by atoms with Crippen LogP contribution in [0.1, 0.15) is 25.0 Å². The highest BCUT2D eigenvalue weighted by Crippen LogP contribution is 2.35. The number of aryl methyl sites for hydroxylation is 2.